The average Bonchev–Trinajstić information content (AvgIpc) is 2.62. The van der Waals surface area contributed by atoms with Gasteiger partial charge in [-0.25, -0.2) is 0 Å². The van der Waals surface area contributed by atoms with Crippen molar-refractivity contribution in [2.45, 2.75) is 13.2 Å². The second kappa shape index (κ2) is 7.19. The fraction of sp³-hybridized carbons (Fsp3) is 0.211. The van der Waals surface area contributed by atoms with E-state index in [2.05, 4.69) is 6.58 Å². The smallest absolute Gasteiger partial charge is 0.265 e. The normalized spacial score (nSPS) is 13.2. The summed E-state index contributed by atoms with van der Waals surface area (Å²) in [6.45, 7) is 4.25. The van der Waals surface area contributed by atoms with Gasteiger partial charge < -0.3 is 19.5 Å². The number of fused-ring (bicyclic) bond motifs is 1. The van der Waals surface area contributed by atoms with Crippen LogP contribution in [0, 0.1) is 0 Å². The first-order valence-corrected chi connectivity index (χ1v) is 7.71. The highest BCUT2D eigenvalue weighted by Gasteiger charge is 2.28. The van der Waals surface area contributed by atoms with Gasteiger partial charge >= 0.3 is 0 Å². The van der Waals surface area contributed by atoms with Gasteiger partial charge in [-0.1, -0.05) is 36.4 Å². The zero-order valence-electron chi connectivity index (χ0n) is 13.3. The number of hydrogen-bond acceptors (Lipinski definition) is 4. The monoisotopic (exact) mass is 325 g/mol. The van der Waals surface area contributed by atoms with Gasteiger partial charge in [-0.05, 0) is 23.3 Å². The largest absolute Gasteiger partial charge is 0.485 e. The maximum Gasteiger partial charge on any atom is 0.265 e. The average molecular weight is 325 g/mol. The van der Waals surface area contributed by atoms with Gasteiger partial charge in [0.15, 0.2) is 18.1 Å². The van der Waals surface area contributed by atoms with Crippen LogP contribution in [0.3, 0.4) is 0 Å². The van der Waals surface area contributed by atoms with Crippen LogP contribution in [0.2, 0.25) is 0 Å². The van der Waals surface area contributed by atoms with Crippen LogP contribution in [-0.2, 0) is 18.0 Å². The number of carbonyl (C=O) groups excluding carboxylic acids is 1. The van der Waals surface area contributed by atoms with Crippen LogP contribution >= 0.6 is 0 Å². The van der Waals surface area contributed by atoms with E-state index in [4.69, 9.17) is 9.47 Å². The molecule has 0 aliphatic carbocycles. The maximum absolute atomic E-state index is 12.1. The number of ether oxygens (including phenoxy) is 2. The van der Waals surface area contributed by atoms with Gasteiger partial charge in [0.2, 0.25) is 0 Å². The molecule has 0 saturated heterocycles. The molecule has 2 aromatic carbocycles. The van der Waals surface area contributed by atoms with E-state index in [1.54, 1.807) is 23.1 Å². The van der Waals surface area contributed by atoms with Crippen molar-refractivity contribution in [2.24, 2.45) is 0 Å². The number of hydrogen-bond donors (Lipinski definition) is 1. The number of nitrogens with zero attached hydrogens (tertiary/aromatic N) is 1. The molecule has 2 aromatic rings. The lowest BCUT2D eigenvalue weighted by atomic mass is 10.1. The van der Waals surface area contributed by atoms with Gasteiger partial charge in [0.25, 0.3) is 5.91 Å². The number of anilines is 1. The molecule has 1 amide bonds. The molecule has 5 heteroatoms. The molecular formula is C19H19NO4. The molecule has 0 atom stereocenters. The first-order valence-electron chi connectivity index (χ1n) is 7.71. The van der Waals surface area contributed by atoms with Crippen LogP contribution in [0.4, 0.5) is 5.69 Å². The number of carbonyl (C=O) groups is 1. The summed E-state index contributed by atoms with van der Waals surface area (Å²) in [5.41, 5.74) is 2.28. The third-order valence-electron chi connectivity index (χ3n) is 3.76. The zero-order valence-corrected chi connectivity index (χ0v) is 13.3. The molecule has 5 nitrogen and oxygen atoms in total. The van der Waals surface area contributed by atoms with E-state index in [1.807, 2.05) is 30.3 Å². The Balaban J connectivity index is 1.94. The highest BCUT2D eigenvalue weighted by atomic mass is 16.5. The third kappa shape index (κ3) is 3.26. The molecule has 1 aliphatic rings. The van der Waals surface area contributed by atoms with Gasteiger partial charge in [-0.3, -0.25) is 4.79 Å². The number of amides is 1. The molecule has 3 rings (SSSR count). The Bertz CT molecular complexity index is 743. The second-order valence-electron chi connectivity index (χ2n) is 5.46. The Hall–Kier alpha value is -2.79. The van der Waals surface area contributed by atoms with Crippen LogP contribution in [0.25, 0.3) is 0 Å². The molecule has 0 saturated carbocycles. The minimum Gasteiger partial charge on any atom is -0.485 e. The van der Waals surface area contributed by atoms with E-state index in [1.165, 1.54) is 0 Å². The van der Waals surface area contributed by atoms with E-state index >= 15 is 0 Å². The van der Waals surface area contributed by atoms with Crippen molar-refractivity contribution < 1.29 is 19.4 Å². The van der Waals surface area contributed by atoms with Crippen LogP contribution < -0.4 is 14.4 Å². The van der Waals surface area contributed by atoms with Crippen LogP contribution in [0.15, 0.2) is 55.1 Å². The predicted molar refractivity (Wildman–Crippen MR) is 91.2 cm³/mol. The van der Waals surface area contributed by atoms with E-state index in [-0.39, 0.29) is 19.1 Å². The molecule has 0 radical (unpaired) electrons. The van der Waals surface area contributed by atoms with E-state index in [0.717, 1.165) is 5.56 Å². The van der Waals surface area contributed by atoms with Crippen LogP contribution in [0.5, 0.6) is 11.5 Å². The number of benzene rings is 2. The van der Waals surface area contributed by atoms with Crippen molar-refractivity contribution in [2.75, 3.05) is 18.1 Å². The lowest BCUT2D eigenvalue weighted by molar-refractivity contribution is -0.121. The number of aliphatic hydroxyl groups is 1. The van der Waals surface area contributed by atoms with E-state index < -0.39 is 0 Å². The van der Waals surface area contributed by atoms with Gasteiger partial charge in [0.05, 0.1) is 12.3 Å². The lowest BCUT2D eigenvalue weighted by Crippen LogP contribution is -2.39. The van der Waals surface area contributed by atoms with Gasteiger partial charge in [0.1, 0.15) is 6.61 Å². The Morgan fingerprint density at radius 1 is 1.25 bits per heavy atom. The van der Waals surface area contributed by atoms with Gasteiger partial charge in [-0.15, -0.1) is 6.58 Å². The fourth-order valence-electron chi connectivity index (χ4n) is 2.60. The van der Waals surface area contributed by atoms with Crippen LogP contribution in [-0.4, -0.2) is 24.2 Å². The van der Waals surface area contributed by atoms with Crippen LogP contribution in [0.1, 0.15) is 11.1 Å². The summed E-state index contributed by atoms with van der Waals surface area (Å²) in [7, 11) is 0. The van der Waals surface area contributed by atoms with Crippen molar-refractivity contribution in [3.05, 3.63) is 66.2 Å². The SMILES string of the molecule is C=CCN1C(=O)COc2c(OCc3ccccc3)cc(CO)cc21. The first-order chi connectivity index (χ1) is 11.7. The molecule has 0 aromatic heterocycles. The molecule has 1 N–H and O–H groups in total. The molecule has 24 heavy (non-hydrogen) atoms. The Labute approximate surface area is 140 Å². The van der Waals surface area contributed by atoms with Crippen molar-refractivity contribution in [3.63, 3.8) is 0 Å². The first kappa shape index (κ1) is 16.1. The molecule has 1 heterocycles. The van der Waals surface area contributed by atoms with E-state index in [0.29, 0.717) is 35.9 Å². The standard InChI is InChI=1S/C19H19NO4/c1-2-8-20-16-9-15(11-21)10-17(19(16)24-13-18(20)22)23-12-14-6-4-3-5-7-14/h2-7,9-10,21H,1,8,11-13H2. The van der Waals surface area contributed by atoms with Crippen molar-refractivity contribution >= 4 is 11.6 Å². The molecular weight excluding hydrogens is 306 g/mol. The zero-order chi connectivity index (χ0) is 16.9. The summed E-state index contributed by atoms with van der Waals surface area (Å²) in [5, 5.41) is 9.51. The molecule has 0 unspecified atom stereocenters. The maximum atomic E-state index is 12.1. The van der Waals surface area contributed by atoms with Crippen molar-refractivity contribution in [1.82, 2.24) is 0 Å². The summed E-state index contributed by atoms with van der Waals surface area (Å²) >= 11 is 0. The second-order valence-corrected chi connectivity index (χ2v) is 5.46. The van der Waals surface area contributed by atoms with Gasteiger partial charge in [-0.2, -0.15) is 0 Å². The fourth-order valence-corrected chi connectivity index (χ4v) is 2.60. The minimum atomic E-state index is -0.148. The Morgan fingerprint density at radius 2 is 2.04 bits per heavy atom. The summed E-state index contributed by atoms with van der Waals surface area (Å²) in [4.78, 5) is 13.7. The third-order valence-corrected chi connectivity index (χ3v) is 3.76. The summed E-state index contributed by atoms with van der Waals surface area (Å²) in [5.74, 6) is 0.887. The summed E-state index contributed by atoms with van der Waals surface area (Å²) < 4.78 is 11.5. The highest BCUT2D eigenvalue weighted by molar-refractivity contribution is 5.98. The number of rotatable bonds is 6. The van der Waals surface area contributed by atoms with Crippen molar-refractivity contribution in [3.8, 4) is 11.5 Å². The number of aliphatic hydroxyl groups excluding tert-OH is 1. The topological polar surface area (TPSA) is 59.0 Å². The highest BCUT2D eigenvalue weighted by Crippen LogP contribution is 2.42. The minimum absolute atomic E-state index is 0.0407. The molecule has 0 spiro atoms. The van der Waals surface area contributed by atoms with Crippen molar-refractivity contribution in [1.29, 1.82) is 0 Å². The summed E-state index contributed by atoms with van der Waals surface area (Å²) in [6, 6.07) is 13.3. The predicted octanol–water partition coefficient (Wildman–Crippen LogP) is 2.67. The Morgan fingerprint density at radius 3 is 2.75 bits per heavy atom. The lowest BCUT2D eigenvalue weighted by Gasteiger charge is -2.30. The van der Waals surface area contributed by atoms with Gasteiger partial charge in [0, 0.05) is 6.54 Å². The molecule has 1 aliphatic heterocycles. The molecule has 124 valence electrons. The summed E-state index contributed by atoms with van der Waals surface area (Å²) in [6.07, 6.45) is 1.66. The molecule has 0 bridgehead atoms. The quantitative estimate of drug-likeness (QED) is 0.830. The Kier molecular flexibility index (Phi) is 4.82. The van der Waals surface area contributed by atoms with E-state index in [9.17, 15) is 9.90 Å². The molecule has 0 fully saturated rings.